The predicted molar refractivity (Wildman–Crippen MR) is 129 cm³/mol. The molecule has 0 aliphatic rings. The van der Waals surface area contributed by atoms with E-state index in [1.165, 1.54) is 11.1 Å². The van der Waals surface area contributed by atoms with Gasteiger partial charge < -0.3 is 19.8 Å². The molecule has 7 heteroatoms. The first-order valence-electron chi connectivity index (χ1n) is 11.0. The molecular formula is C26H29N5O2. The van der Waals surface area contributed by atoms with Gasteiger partial charge in [0.1, 0.15) is 11.5 Å². The average Bonchev–Trinajstić information content (AvgIpc) is 3.56. The summed E-state index contributed by atoms with van der Waals surface area (Å²) in [6.45, 7) is 2.67. The Morgan fingerprint density at radius 2 is 1.85 bits per heavy atom. The molecule has 0 radical (unpaired) electrons. The second-order valence-electron chi connectivity index (χ2n) is 7.59. The van der Waals surface area contributed by atoms with Crippen LogP contribution in [0.5, 0.6) is 5.75 Å². The Morgan fingerprint density at radius 1 is 1.00 bits per heavy atom. The molecule has 0 aliphatic carbocycles. The van der Waals surface area contributed by atoms with Crippen LogP contribution in [-0.2, 0) is 26.1 Å². The van der Waals surface area contributed by atoms with Gasteiger partial charge in [-0.3, -0.25) is 4.68 Å². The highest BCUT2D eigenvalue weighted by molar-refractivity contribution is 5.79. The molecule has 4 rings (SSSR count). The topological polar surface area (TPSA) is 76.6 Å². The number of aliphatic imine (C=N–C) groups is 1. The molecule has 2 heterocycles. The van der Waals surface area contributed by atoms with Gasteiger partial charge in [-0.2, -0.15) is 5.10 Å². The van der Waals surface area contributed by atoms with E-state index in [4.69, 9.17) is 14.1 Å². The maximum Gasteiger partial charge on any atom is 0.191 e. The smallest absolute Gasteiger partial charge is 0.191 e. The molecule has 2 N–H and O–H groups in total. The summed E-state index contributed by atoms with van der Waals surface area (Å²) < 4.78 is 12.6. The van der Waals surface area contributed by atoms with Crippen molar-refractivity contribution in [1.29, 1.82) is 0 Å². The van der Waals surface area contributed by atoms with Crippen molar-refractivity contribution in [1.82, 2.24) is 20.4 Å². The van der Waals surface area contributed by atoms with Crippen LogP contribution in [0.15, 0.2) is 94.8 Å². The van der Waals surface area contributed by atoms with Gasteiger partial charge in [0, 0.05) is 31.9 Å². The van der Waals surface area contributed by atoms with E-state index in [1.807, 2.05) is 53.3 Å². The van der Waals surface area contributed by atoms with Crippen molar-refractivity contribution >= 4 is 5.96 Å². The van der Waals surface area contributed by atoms with Gasteiger partial charge in [-0.1, -0.05) is 36.4 Å². The number of ether oxygens (including phenoxy) is 1. The molecule has 0 saturated carbocycles. The van der Waals surface area contributed by atoms with Crippen LogP contribution in [0.25, 0.3) is 0 Å². The summed E-state index contributed by atoms with van der Waals surface area (Å²) in [6.07, 6.45) is 6.25. The molecule has 33 heavy (non-hydrogen) atoms. The molecule has 0 atom stereocenters. The molecule has 2 aromatic carbocycles. The van der Waals surface area contributed by atoms with Crippen molar-refractivity contribution in [2.24, 2.45) is 4.99 Å². The highest BCUT2D eigenvalue weighted by Gasteiger charge is 2.06. The van der Waals surface area contributed by atoms with Crippen LogP contribution >= 0.6 is 0 Å². The van der Waals surface area contributed by atoms with Gasteiger partial charge in [-0.05, 0) is 47.0 Å². The van der Waals surface area contributed by atoms with Crippen molar-refractivity contribution in [3.63, 3.8) is 0 Å². The normalized spacial score (nSPS) is 11.4. The van der Waals surface area contributed by atoms with Gasteiger partial charge in [-0.15, -0.1) is 0 Å². The first-order chi connectivity index (χ1) is 16.3. The van der Waals surface area contributed by atoms with Crippen LogP contribution in [0, 0.1) is 0 Å². The third kappa shape index (κ3) is 6.74. The molecule has 170 valence electrons. The number of hydrogen-bond acceptors (Lipinski definition) is 4. The number of rotatable bonds is 10. The Morgan fingerprint density at radius 3 is 2.58 bits per heavy atom. The van der Waals surface area contributed by atoms with Crippen molar-refractivity contribution < 1.29 is 9.15 Å². The van der Waals surface area contributed by atoms with E-state index in [-0.39, 0.29) is 0 Å². The standard InChI is InChI=1S/C26H29N5O2/c1-32-24-11-9-21(10-12-24)18-28-26(27-15-13-25-8-4-17-33-25)29-19-22-6-2-3-7-23(22)20-31-16-5-14-30-31/h2-12,14,16-17H,13,15,18-20H2,1H3,(H2,27,28,29). The third-order valence-electron chi connectivity index (χ3n) is 5.28. The van der Waals surface area contributed by atoms with Crippen LogP contribution in [0.4, 0.5) is 0 Å². The largest absolute Gasteiger partial charge is 0.497 e. The Labute approximate surface area is 194 Å². The number of nitrogens with one attached hydrogen (secondary N) is 2. The summed E-state index contributed by atoms with van der Waals surface area (Å²) in [5, 5.41) is 11.2. The zero-order valence-electron chi connectivity index (χ0n) is 18.8. The zero-order chi connectivity index (χ0) is 22.7. The molecule has 4 aromatic rings. The maximum absolute atomic E-state index is 5.44. The summed E-state index contributed by atoms with van der Waals surface area (Å²) in [5.74, 6) is 2.54. The van der Waals surface area contributed by atoms with Gasteiger partial charge in [0.15, 0.2) is 5.96 Å². The SMILES string of the molecule is COc1ccc(CN=C(NCCc2ccco2)NCc2ccccc2Cn2cccn2)cc1. The van der Waals surface area contributed by atoms with Gasteiger partial charge in [0.2, 0.25) is 0 Å². The number of nitrogens with zero attached hydrogens (tertiary/aromatic N) is 3. The fraction of sp³-hybridized carbons (Fsp3) is 0.231. The van der Waals surface area contributed by atoms with Gasteiger partial charge in [-0.25, -0.2) is 4.99 Å². The Bertz CT molecular complexity index is 1120. The fourth-order valence-electron chi connectivity index (χ4n) is 3.47. The highest BCUT2D eigenvalue weighted by Crippen LogP contribution is 2.12. The molecule has 0 unspecified atom stereocenters. The van der Waals surface area contributed by atoms with E-state index in [0.717, 1.165) is 42.5 Å². The number of aromatic nitrogens is 2. The molecule has 7 nitrogen and oxygen atoms in total. The zero-order valence-corrected chi connectivity index (χ0v) is 18.8. The lowest BCUT2D eigenvalue weighted by molar-refractivity contribution is 0.414. The Kier molecular flexibility index (Phi) is 7.79. The number of guanidine groups is 1. The van der Waals surface area contributed by atoms with Gasteiger partial charge in [0.05, 0.1) is 26.5 Å². The van der Waals surface area contributed by atoms with E-state index in [1.54, 1.807) is 19.6 Å². The Balaban J connectivity index is 1.42. The summed E-state index contributed by atoms with van der Waals surface area (Å²) >= 11 is 0. The van der Waals surface area contributed by atoms with Crippen molar-refractivity contribution in [3.05, 3.63) is 108 Å². The van der Waals surface area contributed by atoms with Crippen molar-refractivity contribution in [3.8, 4) is 5.75 Å². The summed E-state index contributed by atoms with van der Waals surface area (Å²) in [4.78, 5) is 4.79. The third-order valence-corrected chi connectivity index (χ3v) is 5.28. The fourth-order valence-corrected chi connectivity index (χ4v) is 3.47. The molecule has 0 saturated heterocycles. The number of furan rings is 1. The summed E-state index contributed by atoms with van der Waals surface area (Å²) in [6, 6.07) is 22.2. The molecule has 0 aliphatic heterocycles. The van der Waals surface area contributed by atoms with Crippen molar-refractivity contribution in [2.45, 2.75) is 26.1 Å². The van der Waals surface area contributed by atoms with Crippen LogP contribution in [0.1, 0.15) is 22.5 Å². The van der Waals surface area contributed by atoms with E-state index in [9.17, 15) is 0 Å². The molecule has 0 amide bonds. The molecular weight excluding hydrogens is 414 g/mol. The van der Waals surface area contributed by atoms with E-state index >= 15 is 0 Å². The lowest BCUT2D eigenvalue weighted by atomic mass is 10.1. The van der Waals surface area contributed by atoms with E-state index in [2.05, 4.69) is 40.0 Å². The van der Waals surface area contributed by atoms with Crippen LogP contribution in [-0.4, -0.2) is 29.4 Å². The maximum atomic E-state index is 5.44. The monoisotopic (exact) mass is 443 g/mol. The van der Waals surface area contributed by atoms with E-state index in [0.29, 0.717) is 13.1 Å². The van der Waals surface area contributed by atoms with E-state index < -0.39 is 0 Å². The number of benzene rings is 2. The average molecular weight is 444 g/mol. The van der Waals surface area contributed by atoms with Gasteiger partial charge >= 0.3 is 0 Å². The summed E-state index contributed by atoms with van der Waals surface area (Å²) in [5.41, 5.74) is 3.54. The number of methoxy groups -OCH3 is 1. The number of hydrogen-bond donors (Lipinski definition) is 2. The van der Waals surface area contributed by atoms with Crippen LogP contribution < -0.4 is 15.4 Å². The summed E-state index contributed by atoms with van der Waals surface area (Å²) in [7, 11) is 1.67. The lowest BCUT2D eigenvalue weighted by Crippen LogP contribution is -2.38. The second-order valence-corrected chi connectivity index (χ2v) is 7.59. The minimum atomic E-state index is 0.564. The minimum absolute atomic E-state index is 0.564. The Hall–Kier alpha value is -4.00. The lowest BCUT2D eigenvalue weighted by Gasteiger charge is -2.15. The molecule has 0 fully saturated rings. The second kappa shape index (κ2) is 11.6. The molecule has 0 bridgehead atoms. The van der Waals surface area contributed by atoms with Crippen molar-refractivity contribution in [2.75, 3.05) is 13.7 Å². The van der Waals surface area contributed by atoms with Crippen LogP contribution in [0.2, 0.25) is 0 Å². The van der Waals surface area contributed by atoms with Crippen LogP contribution in [0.3, 0.4) is 0 Å². The predicted octanol–water partition coefficient (Wildman–Crippen LogP) is 4.01. The quantitative estimate of drug-likeness (QED) is 0.286. The minimum Gasteiger partial charge on any atom is -0.497 e. The first-order valence-corrected chi connectivity index (χ1v) is 11.0. The molecule has 2 aromatic heterocycles. The highest BCUT2D eigenvalue weighted by atomic mass is 16.5. The van der Waals surface area contributed by atoms with Gasteiger partial charge in [0.25, 0.3) is 0 Å². The first kappa shape index (κ1) is 22.2. The molecule has 0 spiro atoms.